The summed E-state index contributed by atoms with van der Waals surface area (Å²) in [6.45, 7) is 4.12. The highest BCUT2D eigenvalue weighted by atomic mass is 19.4. The number of nitrogens with zero attached hydrogens (tertiary/aromatic N) is 1. The van der Waals surface area contributed by atoms with Crippen molar-refractivity contribution in [3.8, 4) is 0 Å². The first-order valence-corrected chi connectivity index (χ1v) is 7.60. The van der Waals surface area contributed by atoms with Gasteiger partial charge in [-0.1, -0.05) is 20.3 Å². The number of halogens is 3. The van der Waals surface area contributed by atoms with Crippen LogP contribution >= 0.6 is 0 Å². The number of likely N-dealkylation sites (tertiary alicyclic amines) is 1. The van der Waals surface area contributed by atoms with Crippen LogP contribution in [0.2, 0.25) is 0 Å². The van der Waals surface area contributed by atoms with E-state index in [4.69, 9.17) is 0 Å². The molecule has 8 heteroatoms. The summed E-state index contributed by atoms with van der Waals surface area (Å²) in [6.07, 6.45) is -2.65. The standard InChI is InChI=1S/C14H22F3N3O2/c1-3-9(2)10(14(15,16)17)19-12(22)20-7-13(8-20)5-4-6-18-11(13)21/h9-10H,3-8H2,1-2H3,(H,18,21)(H,19,22). The van der Waals surface area contributed by atoms with Crippen LogP contribution in [-0.2, 0) is 4.79 Å². The van der Waals surface area contributed by atoms with Crippen molar-refractivity contribution < 1.29 is 22.8 Å². The molecule has 22 heavy (non-hydrogen) atoms. The largest absolute Gasteiger partial charge is 0.408 e. The topological polar surface area (TPSA) is 61.4 Å². The number of alkyl halides is 3. The molecule has 3 amide bonds. The van der Waals surface area contributed by atoms with Gasteiger partial charge in [-0.3, -0.25) is 4.79 Å². The van der Waals surface area contributed by atoms with Gasteiger partial charge in [0.2, 0.25) is 5.91 Å². The fourth-order valence-corrected chi connectivity index (χ4v) is 3.07. The number of urea groups is 1. The number of nitrogens with one attached hydrogen (secondary N) is 2. The Kier molecular flexibility index (Phi) is 4.58. The summed E-state index contributed by atoms with van der Waals surface area (Å²) >= 11 is 0. The Morgan fingerprint density at radius 1 is 1.45 bits per heavy atom. The first-order valence-electron chi connectivity index (χ1n) is 7.60. The van der Waals surface area contributed by atoms with Crippen molar-refractivity contribution in [1.29, 1.82) is 0 Å². The van der Waals surface area contributed by atoms with E-state index in [0.29, 0.717) is 19.4 Å². The van der Waals surface area contributed by atoms with Gasteiger partial charge in [0.1, 0.15) is 6.04 Å². The number of hydrogen-bond acceptors (Lipinski definition) is 2. The van der Waals surface area contributed by atoms with Gasteiger partial charge in [0, 0.05) is 19.6 Å². The molecule has 2 saturated heterocycles. The molecule has 2 atom stereocenters. The Labute approximate surface area is 127 Å². The zero-order chi connectivity index (χ0) is 16.5. The van der Waals surface area contributed by atoms with Crippen LogP contribution in [0.5, 0.6) is 0 Å². The highest BCUT2D eigenvalue weighted by Crippen LogP contribution is 2.37. The second kappa shape index (κ2) is 5.96. The van der Waals surface area contributed by atoms with Crippen LogP contribution in [-0.4, -0.2) is 48.7 Å². The maximum atomic E-state index is 13.0. The van der Waals surface area contributed by atoms with Crippen LogP contribution in [0.25, 0.3) is 0 Å². The molecule has 2 unspecified atom stereocenters. The second-order valence-corrected chi connectivity index (χ2v) is 6.35. The van der Waals surface area contributed by atoms with Gasteiger partial charge in [-0.15, -0.1) is 0 Å². The van der Waals surface area contributed by atoms with Crippen LogP contribution in [0.3, 0.4) is 0 Å². The third kappa shape index (κ3) is 3.15. The number of amides is 3. The summed E-state index contributed by atoms with van der Waals surface area (Å²) in [6, 6.07) is -2.60. The third-order valence-corrected chi connectivity index (χ3v) is 4.72. The molecule has 0 saturated carbocycles. The smallest absolute Gasteiger partial charge is 0.356 e. The van der Waals surface area contributed by atoms with E-state index in [9.17, 15) is 22.8 Å². The molecule has 0 aromatic carbocycles. The summed E-state index contributed by atoms with van der Waals surface area (Å²) in [5.74, 6) is -0.797. The minimum atomic E-state index is -4.48. The average Bonchev–Trinajstić information content (AvgIpc) is 2.40. The van der Waals surface area contributed by atoms with E-state index in [1.54, 1.807) is 6.92 Å². The summed E-state index contributed by atoms with van der Waals surface area (Å²) < 4.78 is 39.0. The highest BCUT2D eigenvalue weighted by Gasteiger charge is 2.53. The van der Waals surface area contributed by atoms with Gasteiger partial charge in [0.25, 0.3) is 0 Å². The Balaban J connectivity index is 1.94. The number of piperidine rings is 1. The van der Waals surface area contributed by atoms with Crippen molar-refractivity contribution in [2.75, 3.05) is 19.6 Å². The lowest BCUT2D eigenvalue weighted by Crippen LogP contribution is -2.68. The van der Waals surface area contributed by atoms with E-state index in [2.05, 4.69) is 10.6 Å². The molecule has 0 aromatic rings. The second-order valence-electron chi connectivity index (χ2n) is 6.35. The zero-order valence-corrected chi connectivity index (χ0v) is 12.8. The lowest BCUT2D eigenvalue weighted by atomic mass is 9.73. The van der Waals surface area contributed by atoms with Crippen LogP contribution in [0.15, 0.2) is 0 Å². The molecule has 5 nitrogen and oxygen atoms in total. The molecule has 2 aliphatic heterocycles. The highest BCUT2D eigenvalue weighted by molar-refractivity contribution is 5.88. The molecule has 2 rings (SSSR count). The van der Waals surface area contributed by atoms with Gasteiger partial charge in [0.05, 0.1) is 5.41 Å². The first-order chi connectivity index (χ1) is 10.2. The van der Waals surface area contributed by atoms with E-state index >= 15 is 0 Å². The van der Waals surface area contributed by atoms with Crippen molar-refractivity contribution in [3.05, 3.63) is 0 Å². The van der Waals surface area contributed by atoms with Crippen LogP contribution in [0, 0.1) is 11.3 Å². The molecule has 0 aromatic heterocycles. The van der Waals surface area contributed by atoms with Crippen LogP contribution in [0.1, 0.15) is 33.1 Å². The van der Waals surface area contributed by atoms with Crippen LogP contribution in [0.4, 0.5) is 18.0 Å². The zero-order valence-electron chi connectivity index (χ0n) is 12.8. The molecule has 0 bridgehead atoms. The van der Waals surface area contributed by atoms with Gasteiger partial charge in [-0.2, -0.15) is 13.2 Å². The maximum absolute atomic E-state index is 13.0. The number of rotatable bonds is 3. The predicted octanol–water partition coefficient (Wildman–Crippen LogP) is 1.88. The van der Waals surface area contributed by atoms with E-state index in [1.165, 1.54) is 11.8 Å². The van der Waals surface area contributed by atoms with Crippen molar-refractivity contribution in [3.63, 3.8) is 0 Å². The third-order valence-electron chi connectivity index (χ3n) is 4.72. The van der Waals surface area contributed by atoms with Gasteiger partial charge in [-0.05, 0) is 18.8 Å². The molecular weight excluding hydrogens is 299 g/mol. The van der Waals surface area contributed by atoms with E-state index in [1.807, 2.05) is 0 Å². The van der Waals surface area contributed by atoms with Crippen LogP contribution < -0.4 is 10.6 Å². The van der Waals surface area contributed by atoms with Gasteiger partial charge < -0.3 is 15.5 Å². The number of carbonyl (C=O) groups excluding carboxylic acids is 2. The average molecular weight is 321 g/mol. The van der Waals surface area contributed by atoms with Crippen molar-refractivity contribution in [2.24, 2.45) is 11.3 Å². The molecule has 2 N–H and O–H groups in total. The monoisotopic (exact) mass is 321 g/mol. The van der Waals surface area contributed by atoms with Crippen molar-refractivity contribution >= 4 is 11.9 Å². The first kappa shape index (κ1) is 16.9. The Bertz CT molecular complexity index is 447. The van der Waals surface area contributed by atoms with E-state index in [0.717, 1.165) is 6.42 Å². The van der Waals surface area contributed by atoms with E-state index in [-0.39, 0.29) is 19.0 Å². The normalized spacial score (nSPS) is 23.5. The number of hydrogen-bond donors (Lipinski definition) is 2. The quantitative estimate of drug-likeness (QED) is 0.834. The lowest BCUT2D eigenvalue weighted by molar-refractivity contribution is -0.165. The Hall–Kier alpha value is -1.47. The maximum Gasteiger partial charge on any atom is 0.408 e. The van der Waals surface area contributed by atoms with Gasteiger partial charge in [0.15, 0.2) is 0 Å². The molecule has 0 radical (unpaired) electrons. The van der Waals surface area contributed by atoms with Crippen molar-refractivity contribution in [2.45, 2.75) is 45.3 Å². The summed E-state index contributed by atoms with van der Waals surface area (Å²) in [7, 11) is 0. The summed E-state index contributed by atoms with van der Waals surface area (Å²) in [4.78, 5) is 25.2. The summed E-state index contributed by atoms with van der Waals surface area (Å²) in [5.41, 5.74) is -0.598. The minimum Gasteiger partial charge on any atom is -0.356 e. The fourth-order valence-electron chi connectivity index (χ4n) is 3.07. The van der Waals surface area contributed by atoms with Gasteiger partial charge >= 0.3 is 12.2 Å². The van der Waals surface area contributed by atoms with Crippen molar-refractivity contribution in [1.82, 2.24) is 15.5 Å². The minimum absolute atomic E-state index is 0.0999. The molecule has 2 aliphatic rings. The SMILES string of the molecule is CCC(C)C(NC(=O)N1CC2(CCCNC2=O)C1)C(F)(F)F. The predicted molar refractivity (Wildman–Crippen MR) is 74.1 cm³/mol. The number of carbonyl (C=O) groups is 2. The molecule has 126 valence electrons. The van der Waals surface area contributed by atoms with Gasteiger partial charge in [-0.25, -0.2) is 4.79 Å². The molecule has 2 fully saturated rings. The molecule has 1 spiro atoms. The molecule has 2 heterocycles. The fraction of sp³-hybridized carbons (Fsp3) is 0.857. The van der Waals surface area contributed by atoms with E-state index < -0.39 is 29.6 Å². The Morgan fingerprint density at radius 3 is 2.59 bits per heavy atom. The lowest BCUT2D eigenvalue weighted by Gasteiger charge is -2.50. The summed E-state index contributed by atoms with van der Waals surface area (Å²) in [5, 5.41) is 4.83. The Morgan fingerprint density at radius 2 is 2.09 bits per heavy atom. The molecule has 0 aliphatic carbocycles. The molecular formula is C14H22F3N3O2.